The number of nitrogens with zero attached hydrogens (tertiary/aromatic N) is 2. The lowest BCUT2D eigenvalue weighted by molar-refractivity contribution is -0.141. The topological polar surface area (TPSA) is 44.1 Å². The number of benzene rings is 1. The monoisotopic (exact) mass is 256 g/mol. The first-order valence-corrected chi connectivity index (χ1v) is 5.47. The highest BCUT2D eigenvalue weighted by molar-refractivity contribution is 6.16. The molecular weight excluding hydrogens is 247 g/mol. The molecule has 0 aliphatic rings. The molecule has 0 aliphatic carbocycles. The number of carbonyl (C=O) groups excluding carboxylic acids is 1. The fraction of sp³-hybridized carbons (Fsp3) is 0.273. The van der Waals surface area contributed by atoms with E-state index in [2.05, 4.69) is 9.72 Å². The molecular formula is C11H10ClFN2O2. The Balaban J connectivity index is 2.58. The lowest BCUT2D eigenvalue weighted by Crippen LogP contribution is -2.13. The van der Waals surface area contributed by atoms with Crippen molar-refractivity contribution in [2.75, 3.05) is 7.11 Å². The summed E-state index contributed by atoms with van der Waals surface area (Å²) in [7, 11) is 1.29. The maximum atomic E-state index is 13.5. The van der Waals surface area contributed by atoms with Crippen molar-refractivity contribution in [3.05, 3.63) is 29.8 Å². The molecule has 6 heteroatoms. The van der Waals surface area contributed by atoms with Crippen molar-refractivity contribution in [2.45, 2.75) is 12.4 Å². The molecule has 0 saturated heterocycles. The highest BCUT2D eigenvalue weighted by Crippen LogP contribution is 2.20. The van der Waals surface area contributed by atoms with Gasteiger partial charge in [-0.1, -0.05) is 6.07 Å². The molecule has 0 bridgehead atoms. The van der Waals surface area contributed by atoms with Crippen molar-refractivity contribution in [1.29, 1.82) is 0 Å². The number of aromatic nitrogens is 2. The zero-order valence-electron chi connectivity index (χ0n) is 9.11. The maximum absolute atomic E-state index is 13.5. The Hall–Kier alpha value is -1.62. The van der Waals surface area contributed by atoms with E-state index >= 15 is 0 Å². The summed E-state index contributed by atoms with van der Waals surface area (Å²) in [5.41, 5.74) is 0.748. The van der Waals surface area contributed by atoms with Crippen LogP contribution in [0.1, 0.15) is 5.82 Å². The van der Waals surface area contributed by atoms with E-state index in [-0.39, 0.29) is 17.9 Å². The summed E-state index contributed by atoms with van der Waals surface area (Å²) in [4.78, 5) is 15.3. The number of fused-ring (bicyclic) bond motifs is 1. The lowest BCUT2D eigenvalue weighted by Gasteiger charge is -2.05. The van der Waals surface area contributed by atoms with Crippen LogP contribution in [0.4, 0.5) is 4.39 Å². The van der Waals surface area contributed by atoms with Gasteiger partial charge in [0.05, 0.1) is 18.5 Å². The molecule has 1 aromatic heterocycles. The summed E-state index contributed by atoms with van der Waals surface area (Å²) in [6.07, 6.45) is 0. The minimum atomic E-state index is -0.433. The number of esters is 1. The molecule has 4 nitrogen and oxygen atoms in total. The van der Waals surface area contributed by atoms with Crippen molar-refractivity contribution in [3.63, 3.8) is 0 Å². The molecule has 0 aliphatic heterocycles. The number of methoxy groups -OCH3 is 1. The molecule has 90 valence electrons. The van der Waals surface area contributed by atoms with Gasteiger partial charge in [-0.25, -0.2) is 9.37 Å². The number of ether oxygens (including phenoxy) is 1. The number of para-hydroxylation sites is 1. The number of rotatable bonds is 3. The number of halogens is 2. The summed E-state index contributed by atoms with van der Waals surface area (Å²) in [5, 5.41) is 0. The van der Waals surface area contributed by atoms with Crippen molar-refractivity contribution >= 4 is 28.6 Å². The molecule has 2 rings (SSSR count). The van der Waals surface area contributed by atoms with Crippen LogP contribution in [-0.2, 0) is 22.0 Å². The molecule has 0 N–H and O–H groups in total. The van der Waals surface area contributed by atoms with E-state index < -0.39 is 11.8 Å². The number of hydrogen-bond acceptors (Lipinski definition) is 3. The Morgan fingerprint density at radius 1 is 1.59 bits per heavy atom. The quantitative estimate of drug-likeness (QED) is 0.624. The number of alkyl halides is 1. The molecule has 1 heterocycles. The average molecular weight is 257 g/mol. The number of imidazole rings is 1. The van der Waals surface area contributed by atoms with E-state index in [4.69, 9.17) is 11.6 Å². The summed E-state index contributed by atoms with van der Waals surface area (Å²) in [6, 6.07) is 4.56. The molecule has 0 saturated carbocycles. The third-order valence-corrected chi connectivity index (χ3v) is 2.68. The predicted octanol–water partition coefficient (Wildman–Crippen LogP) is 2.09. The third-order valence-electron chi connectivity index (χ3n) is 2.44. The minimum Gasteiger partial charge on any atom is -0.468 e. The average Bonchev–Trinajstić information content (AvgIpc) is 2.69. The zero-order chi connectivity index (χ0) is 12.4. The Morgan fingerprint density at radius 3 is 3.00 bits per heavy atom. The van der Waals surface area contributed by atoms with Crippen LogP contribution in [0.2, 0.25) is 0 Å². The molecule has 0 unspecified atom stereocenters. The van der Waals surface area contributed by atoms with Crippen LogP contribution in [-0.4, -0.2) is 22.6 Å². The van der Waals surface area contributed by atoms with Gasteiger partial charge in [0.25, 0.3) is 0 Å². The van der Waals surface area contributed by atoms with Gasteiger partial charge in [0.1, 0.15) is 17.9 Å². The van der Waals surface area contributed by atoms with Gasteiger partial charge >= 0.3 is 5.97 Å². The van der Waals surface area contributed by atoms with Crippen LogP contribution in [0.15, 0.2) is 18.2 Å². The Kier molecular flexibility index (Phi) is 3.28. The van der Waals surface area contributed by atoms with E-state index in [1.54, 1.807) is 16.7 Å². The Bertz CT molecular complexity index is 568. The second-order valence-electron chi connectivity index (χ2n) is 3.43. The summed E-state index contributed by atoms with van der Waals surface area (Å²) < 4.78 is 19.6. The van der Waals surface area contributed by atoms with Gasteiger partial charge < -0.3 is 9.30 Å². The number of carbonyl (C=O) groups is 1. The maximum Gasteiger partial charge on any atom is 0.325 e. The minimum absolute atomic E-state index is 0.0293. The van der Waals surface area contributed by atoms with E-state index in [1.165, 1.54) is 13.2 Å². The van der Waals surface area contributed by atoms with Crippen molar-refractivity contribution in [2.24, 2.45) is 0 Å². The molecule has 0 fully saturated rings. The van der Waals surface area contributed by atoms with Crippen LogP contribution in [0.25, 0.3) is 11.0 Å². The smallest absolute Gasteiger partial charge is 0.325 e. The molecule has 1 aromatic carbocycles. The highest BCUT2D eigenvalue weighted by atomic mass is 35.5. The van der Waals surface area contributed by atoms with E-state index in [0.717, 1.165) is 0 Å². The van der Waals surface area contributed by atoms with Crippen LogP contribution in [0.5, 0.6) is 0 Å². The number of hydrogen-bond donors (Lipinski definition) is 0. The van der Waals surface area contributed by atoms with Gasteiger partial charge in [-0.2, -0.15) is 0 Å². The summed E-state index contributed by atoms with van der Waals surface area (Å²) in [6.45, 7) is -0.0293. The van der Waals surface area contributed by atoms with E-state index in [9.17, 15) is 9.18 Å². The summed E-state index contributed by atoms with van der Waals surface area (Å²) >= 11 is 5.72. The molecule has 0 amide bonds. The first kappa shape index (κ1) is 11.9. The first-order chi connectivity index (χ1) is 8.17. The SMILES string of the molecule is COC(=O)Cn1c(CCl)nc2c(F)cccc21. The molecule has 0 radical (unpaired) electrons. The Labute approximate surface area is 102 Å². The van der Waals surface area contributed by atoms with Gasteiger partial charge in [0.2, 0.25) is 0 Å². The Morgan fingerprint density at radius 2 is 2.35 bits per heavy atom. The summed E-state index contributed by atoms with van der Waals surface area (Å²) in [5.74, 6) is -0.319. The van der Waals surface area contributed by atoms with Crippen LogP contribution < -0.4 is 0 Å². The van der Waals surface area contributed by atoms with Crippen LogP contribution in [0, 0.1) is 5.82 Å². The second kappa shape index (κ2) is 4.71. The van der Waals surface area contributed by atoms with E-state index in [1.807, 2.05) is 0 Å². The van der Waals surface area contributed by atoms with Crippen molar-refractivity contribution in [1.82, 2.24) is 9.55 Å². The van der Waals surface area contributed by atoms with Gasteiger partial charge in [-0.3, -0.25) is 4.79 Å². The fourth-order valence-corrected chi connectivity index (χ4v) is 1.84. The van der Waals surface area contributed by atoms with Crippen molar-refractivity contribution < 1.29 is 13.9 Å². The second-order valence-corrected chi connectivity index (χ2v) is 3.70. The normalized spacial score (nSPS) is 10.8. The van der Waals surface area contributed by atoms with Gasteiger partial charge in [-0.05, 0) is 12.1 Å². The standard InChI is InChI=1S/C11H10ClFN2O2/c1-17-10(16)6-15-8-4-2-3-7(13)11(8)14-9(15)5-12/h2-4H,5-6H2,1H3. The molecule has 17 heavy (non-hydrogen) atoms. The van der Waals surface area contributed by atoms with Gasteiger partial charge in [0.15, 0.2) is 5.82 Å². The lowest BCUT2D eigenvalue weighted by atomic mass is 10.3. The molecule has 0 spiro atoms. The first-order valence-electron chi connectivity index (χ1n) is 4.93. The van der Waals surface area contributed by atoms with Gasteiger partial charge in [0, 0.05) is 0 Å². The van der Waals surface area contributed by atoms with Crippen LogP contribution >= 0.6 is 11.6 Å². The fourth-order valence-electron chi connectivity index (χ4n) is 1.63. The van der Waals surface area contributed by atoms with Crippen molar-refractivity contribution in [3.8, 4) is 0 Å². The molecule has 0 atom stereocenters. The molecule has 2 aromatic rings. The zero-order valence-corrected chi connectivity index (χ0v) is 9.87. The largest absolute Gasteiger partial charge is 0.468 e. The van der Waals surface area contributed by atoms with E-state index in [0.29, 0.717) is 11.3 Å². The van der Waals surface area contributed by atoms with Crippen LogP contribution in [0.3, 0.4) is 0 Å². The predicted molar refractivity (Wildman–Crippen MR) is 61.3 cm³/mol. The van der Waals surface area contributed by atoms with Gasteiger partial charge in [-0.15, -0.1) is 11.6 Å². The third kappa shape index (κ3) is 2.10. The highest BCUT2D eigenvalue weighted by Gasteiger charge is 2.15.